The maximum Gasteiger partial charge on any atom is 0.335 e. The molecule has 3 aromatic carbocycles. The van der Waals surface area contributed by atoms with Gasteiger partial charge in [-0.2, -0.15) is 5.10 Å². The summed E-state index contributed by atoms with van der Waals surface area (Å²) in [6.45, 7) is 8.99. The van der Waals surface area contributed by atoms with Crippen LogP contribution in [0.3, 0.4) is 0 Å². The minimum Gasteiger partial charge on any atom is -0.478 e. The van der Waals surface area contributed by atoms with Gasteiger partial charge in [-0.15, -0.1) is 9.89 Å². The van der Waals surface area contributed by atoms with E-state index >= 15 is 0 Å². The topological polar surface area (TPSA) is 142 Å². The van der Waals surface area contributed by atoms with Crippen LogP contribution in [-0.2, 0) is 16.4 Å². The SMILES string of the molecule is CCCCS(=O)(=O)Nc1cc(C(=O)O)cc(-c2nc3n(n2)N=C(C(C)(C)C)/C3=N/c2ccc3c(c2)CCCN3c2ccccc2)c1. The fourth-order valence-corrected chi connectivity index (χ4v) is 6.91. The summed E-state index contributed by atoms with van der Waals surface area (Å²) in [5, 5.41) is 19.1. The molecule has 0 saturated carbocycles. The second-order valence-electron chi connectivity index (χ2n) is 12.6. The summed E-state index contributed by atoms with van der Waals surface area (Å²) < 4.78 is 27.7. The highest BCUT2D eigenvalue weighted by atomic mass is 32.2. The minimum atomic E-state index is -3.66. The summed E-state index contributed by atoms with van der Waals surface area (Å²) in [7, 11) is -3.66. The molecule has 46 heavy (non-hydrogen) atoms. The summed E-state index contributed by atoms with van der Waals surface area (Å²) in [6.07, 6.45) is 3.18. The molecule has 0 amide bonds. The molecule has 0 unspecified atom stereocenters. The number of aromatic nitrogens is 3. The van der Waals surface area contributed by atoms with Crippen molar-refractivity contribution in [2.45, 2.75) is 53.4 Å². The van der Waals surface area contributed by atoms with Crippen LogP contribution in [0, 0.1) is 5.41 Å². The van der Waals surface area contributed by atoms with E-state index in [1.807, 2.05) is 52.0 Å². The Balaban J connectivity index is 1.38. The summed E-state index contributed by atoms with van der Waals surface area (Å²) in [6, 6.07) is 20.8. The number of hydrogen-bond acceptors (Lipinski definition) is 8. The molecule has 3 heterocycles. The van der Waals surface area contributed by atoms with Crippen molar-refractivity contribution >= 4 is 50.2 Å². The van der Waals surface area contributed by atoms with Crippen LogP contribution < -0.4 is 9.62 Å². The van der Waals surface area contributed by atoms with Gasteiger partial charge in [0.2, 0.25) is 15.8 Å². The molecular formula is C34H37N7O4S. The van der Waals surface area contributed by atoms with Crippen molar-refractivity contribution in [3.63, 3.8) is 0 Å². The lowest BCUT2D eigenvalue weighted by Crippen LogP contribution is -2.27. The molecule has 0 spiro atoms. The number of fused-ring (bicyclic) bond motifs is 2. The maximum absolute atomic E-state index is 12.6. The smallest absolute Gasteiger partial charge is 0.335 e. The first kappa shape index (κ1) is 31.2. The normalized spacial score (nSPS) is 15.4. The minimum absolute atomic E-state index is 0.0652. The fraction of sp³-hybridized carbons (Fsp3) is 0.324. The molecule has 0 bridgehead atoms. The Bertz CT molecular complexity index is 1980. The van der Waals surface area contributed by atoms with Gasteiger partial charge in [0.25, 0.3) is 0 Å². The molecule has 4 aromatic rings. The predicted molar refractivity (Wildman–Crippen MR) is 181 cm³/mol. The van der Waals surface area contributed by atoms with Gasteiger partial charge in [0.05, 0.1) is 28.4 Å². The predicted octanol–water partition coefficient (Wildman–Crippen LogP) is 6.65. The van der Waals surface area contributed by atoms with Crippen LogP contribution in [-0.4, -0.2) is 58.1 Å². The number of rotatable bonds is 9. The fourth-order valence-electron chi connectivity index (χ4n) is 5.66. The molecule has 2 aliphatic rings. The molecule has 2 aliphatic heterocycles. The lowest BCUT2D eigenvalue weighted by atomic mass is 9.87. The third kappa shape index (κ3) is 6.43. The Morgan fingerprint density at radius 1 is 1.07 bits per heavy atom. The highest BCUT2D eigenvalue weighted by molar-refractivity contribution is 7.92. The molecule has 0 radical (unpaired) electrons. The number of benzene rings is 3. The van der Waals surface area contributed by atoms with Gasteiger partial charge in [-0.1, -0.05) is 52.3 Å². The highest BCUT2D eigenvalue weighted by Crippen LogP contribution is 2.36. The number of carboxylic acids is 1. The number of aromatic carboxylic acids is 1. The van der Waals surface area contributed by atoms with Crippen LogP contribution in [0.25, 0.3) is 11.4 Å². The van der Waals surface area contributed by atoms with Gasteiger partial charge < -0.3 is 10.0 Å². The highest BCUT2D eigenvalue weighted by Gasteiger charge is 2.35. The number of hydrogen-bond donors (Lipinski definition) is 2. The molecule has 11 nitrogen and oxygen atoms in total. The molecule has 0 fully saturated rings. The van der Waals surface area contributed by atoms with Crippen molar-refractivity contribution in [2.75, 3.05) is 21.9 Å². The zero-order valence-corrected chi connectivity index (χ0v) is 27.2. The van der Waals surface area contributed by atoms with E-state index in [1.54, 1.807) is 0 Å². The first-order valence-corrected chi connectivity index (χ1v) is 17.1. The Hall–Kier alpha value is -4.84. The van der Waals surface area contributed by atoms with Crippen molar-refractivity contribution in [1.82, 2.24) is 14.9 Å². The largest absolute Gasteiger partial charge is 0.478 e. The van der Waals surface area contributed by atoms with E-state index in [1.165, 1.54) is 34.2 Å². The quantitative estimate of drug-likeness (QED) is 0.209. The number of aliphatic imine (C=N–C) groups is 1. The van der Waals surface area contributed by atoms with Crippen LogP contribution in [0.2, 0.25) is 0 Å². The van der Waals surface area contributed by atoms with Crippen molar-refractivity contribution < 1.29 is 18.3 Å². The van der Waals surface area contributed by atoms with Crippen molar-refractivity contribution in [3.05, 3.63) is 83.7 Å². The number of carboxylic acid groups (broad SMARTS) is 1. The van der Waals surface area contributed by atoms with Gasteiger partial charge >= 0.3 is 5.97 Å². The Kier molecular flexibility index (Phi) is 8.24. The molecule has 12 heteroatoms. The van der Waals surface area contributed by atoms with Crippen LogP contribution >= 0.6 is 0 Å². The van der Waals surface area contributed by atoms with Gasteiger partial charge in [-0.25, -0.2) is 23.2 Å². The first-order valence-electron chi connectivity index (χ1n) is 15.4. The third-order valence-electron chi connectivity index (χ3n) is 7.90. The average Bonchev–Trinajstić information content (AvgIpc) is 3.59. The van der Waals surface area contributed by atoms with E-state index in [-0.39, 0.29) is 28.2 Å². The lowest BCUT2D eigenvalue weighted by Gasteiger charge is -2.31. The first-order chi connectivity index (χ1) is 21.9. The third-order valence-corrected chi connectivity index (χ3v) is 9.27. The number of anilines is 3. The summed E-state index contributed by atoms with van der Waals surface area (Å²) in [5.41, 5.74) is 5.63. The van der Waals surface area contributed by atoms with E-state index in [4.69, 9.17) is 15.1 Å². The molecule has 0 aliphatic carbocycles. The molecule has 238 valence electrons. The van der Waals surface area contributed by atoms with Gasteiger partial charge in [0.15, 0.2) is 5.82 Å². The van der Waals surface area contributed by atoms with Crippen LogP contribution in [0.4, 0.5) is 22.7 Å². The van der Waals surface area contributed by atoms with Crippen LogP contribution in [0.1, 0.15) is 68.7 Å². The zero-order chi connectivity index (χ0) is 32.6. The number of nitrogens with zero attached hydrogens (tertiary/aromatic N) is 6. The molecule has 1 aromatic heterocycles. The molecule has 6 rings (SSSR count). The van der Waals surface area contributed by atoms with Gasteiger partial charge in [0.1, 0.15) is 5.71 Å². The maximum atomic E-state index is 12.6. The van der Waals surface area contributed by atoms with Gasteiger partial charge in [0, 0.05) is 28.9 Å². The number of unbranched alkanes of at least 4 members (excludes halogenated alkanes) is 1. The van der Waals surface area contributed by atoms with Crippen LogP contribution in [0.5, 0.6) is 0 Å². The van der Waals surface area contributed by atoms with Gasteiger partial charge in [-0.05, 0) is 73.4 Å². The second-order valence-corrected chi connectivity index (χ2v) is 14.4. The van der Waals surface area contributed by atoms with Gasteiger partial charge in [-0.3, -0.25) is 4.72 Å². The zero-order valence-electron chi connectivity index (χ0n) is 26.4. The molecular weight excluding hydrogens is 602 g/mol. The van der Waals surface area contributed by atoms with Crippen molar-refractivity contribution in [3.8, 4) is 11.4 Å². The molecule has 2 N–H and O–H groups in total. The Labute approximate surface area is 268 Å². The average molecular weight is 640 g/mol. The number of sulfonamides is 1. The molecule has 0 saturated heterocycles. The standard InChI is InChI=1S/C34H37N7O4S/c1-5-6-17-46(44,45)39-26-20-23(18-24(21-26)33(42)43)31-36-32-29(30(34(2,3)4)37-41(32)38-31)35-25-14-15-28-22(19-25)11-10-16-40(28)27-12-8-7-9-13-27/h7-9,12-15,18-21,39H,5-6,10-11,16-17H2,1-4H3,(H,42,43)/b35-29-. The Morgan fingerprint density at radius 2 is 1.85 bits per heavy atom. The summed E-state index contributed by atoms with van der Waals surface area (Å²) in [4.78, 5) is 25.5. The number of aryl methyl sites for hydroxylation is 1. The number of nitrogens with one attached hydrogen (secondary N) is 1. The van der Waals surface area contributed by atoms with Crippen molar-refractivity contribution in [1.29, 1.82) is 0 Å². The van der Waals surface area contributed by atoms with E-state index in [0.29, 0.717) is 29.9 Å². The number of para-hydroxylation sites is 1. The van der Waals surface area contributed by atoms with E-state index in [0.717, 1.165) is 36.5 Å². The second kappa shape index (κ2) is 12.2. The number of carbonyl (C=O) groups is 1. The monoisotopic (exact) mass is 639 g/mol. The summed E-state index contributed by atoms with van der Waals surface area (Å²) in [5.74, 6) is -0.629. The lowest BCUT2D eigenvalue weighted by molar-refractivity contribution is 0.0697. The van der Waals surface area contributed by atoms with E-state index in [2.05, 4.69) is 39.0 Å². The summed E-state index contributed by atoms with van der Waals surface area (Å²) >= 11 is 0. The van der Waals surface area contributed by atoms with E-state index < -0.39 is 16.0 Å². The molecule has 0 atom stereocenters. The van der Waals surface area contributed by atoms with Crippen molar-refractivity contribution in [2.24, 2.45) is 15.5 Å². The van der Waals surface area contributed by atoms with Crippen LogP contribution in [0.15, 0.2) is 76.8 Å². The Morgan fingerprint density at radius 3 is 2.57 bits per heavy atom. The van der Waals surface area contributed by atoms with E-state index in [9.17, 15) is 18.3 Å².